The number of ether oxygens (including phenoxy) is 1. The average molecular weight is 273 g/mol. The molecule has 104 valence electrons. The van der Waals surface area contributed by atoms with E-state index in [4.69, 9.17) is 10.5 Å². The predicted molar refractivity (Wildman–Crippen MR) is 76.0 cm³/mol. The maximum atomic E-state index is 11.9. The van der Waals surface area contributed by atoms with E-state index in [1.165, 1.54) is 18.3 Å². The largest absolute Gasteiger partial charge is 0.492 e. The van der Waals surface area contributed by atoms with Gasteiger partial charge in [0.2, 0.25) is 5.56 Å². The Balaban J connectivity index is 2.00. The molecule has 0 radical (unpaired) electrons. The van der Waals surface area contributed by atoms with E-state index in [-0.39, 0.29) is 11.5 Å². The highest BCUT2D eigenvalue weighted by Gasteiger charge is 2.05. The molecule has 1 aromatic carbocycles. The Morgan fingerprint density at radius 1 is 1.20 bits per heavy atom. The Hall–Kier alpha value is -2.60. The molecule has 0 saturated heterocycles. The SMILES string of the molecule is NCCOc1ccc(NC(=O)c2ccc(=O)[nH]c2)cc1. The van der Waals surface area contributed by atoms with Crippen LogP contribution >= 0.6 is 0 Å². The van der Waals surface area contributed by atoms with Gasteiger partial charge in [-0.3, -0.25) is 9.59 Å². The number of hydrogen-bond acceptors (Lipinski definition) is 4. The molecule has 1 amide bonds. The highest BCUT2D eigenvalue weighted by atomic mass is 16.5. The van der Waals surface area contributed by atoms with Gasteiger partial charge in [0.25, 0.3) is 5.91 Å². The van der Waals surface area contributed by atoms with Crippen molar-refractivity contribution in [1.82, 2.24) is 4.98 Å². The van der Waals surface area contributed by atoms with Gasteiger partial charge in [0, 0.05) is 24.5 Å². The van der Waals surface area contributed by atoms with Crippen LogP contribution in [0.1, 0.15) is 10.4 Å². The molecule has 0 aliphatic carbocycles. The molecule has 1 heterocycles. The number of aromatic amines is 1. The van der Waals surface area contributed by atoms with Crippen LogP contribution in [0, 0.1) is 0 Å². The normalized spacial score (nSPS) is 10.1. The maximum absolute atomic E-state index is 11.9. The van der Waals surface area contributed by atoms with Crippen LogP contribution in [0.4, 0.5) is 5.69 Å². The van der Waals surface area contributed by atoms with Crippen molar-refractivity contribution in [2.24, 2.45) is 5.73 Å². The monoisotopic (exact) mass is 273 g/mol. The van der Waals surface area contributed by atoms with Crippen molar-refractivity contribution in [2.45, 2.75) is 0 Å². The van der Waals surface area contributed by atoms with Gasteiger partial charge in [-0.05, 0) is 30.3 Å². The third kappa shape index (κ3) is 3.69. The fourth-order valence-corrected chi connectivity index (χ4v) is 1.57. The third-order valence-electron chi connectivity index (χ3n) is 2.55. The molecular formula is C14H15N3O3. The lowest BCUT2D eigenvalue weighted by atomic mass is 10.2. The Bertz CT molecular complexity index is 614. The molecule has 0 saturated carbocycles. The van der Waals surface area contributed by atoms with Crippen LogP contribution in [0.25, 0.3) is 0 Å². The van der Waals surface area contributed by atoms with E-state index in [0.717, 1.165) is 0 Å². The van der Waals surface area contributed by atoms with Gasteiger partial charge in [0.15, 0.2) is 0 Å². The van der Waals surface area contributed by atoms with Crippen LogP contribution in [-0.2, 0) is 0 Å². The first-order valence-corrected chi connectivity index (χ1v) is 6.12. The van der Waals surface area contributed by atoms with Crippen LogP contribution in [0.3, 0.4) is 0 Å². The van der Waals surface area contributed by atoms with E-state index in [1.54, 1.807) is 24.3 Å². The first-order chi connectivity index (χ1) is 9.69. The van der Waals surface area contributed by atoms with Crippen LogP contribution in [0.2, 0.25) is 0 Å². The van der Waals surface area contributed by atoms with Gasteiger partial charge >= 0.3 is 0 Å². The number of nitrogens with two attached hydrogens (primary N) is 1. The highest BCUT2D eigenvalue weighted by molar-refractivity contribution is 6.04. The van der Waals surface area contributed by atoms with Gasteiger partial charge in [0.05, 0.1) is 5.56 Å². The number of rotatable bonds is 5. The summed E-state index contributed by atoms with van der Waals surface area (Å²) in [5.74, 6) is 0.398. The summed E-state index contributed by atoms with van der Waals surface area (Å²) in [5, 5.41) is 2.72. The molecule has 0 unspecified atom stereocenters. The Labute approximate surface area is 115 Å². The van der Waals surface area contributed by atoms with Gasteiger partial charge in [-0.25, -0.2) is 0 Å². The zero-order valence-corrected chi connectivity index (χ0v) is 10.8. The lowest BCUT2D eigenvalue weighted by Crippen LogP contribution is -2.14. The molecule has 6 heteroatoms. The summed E-state index contributed by atoms with van der Waals surface area (Å²) >= 11 is 0. The van der Waals surface area contributed by atoms with Crippen molar-refractivity contribution in [3.8, 4) is 5.75 Å². The summed E-state index contributed by atoms with van der Waals surface area (Å²) in [6.45, 7) is 0.897. The molecule has 4 N–H and O–H groups in total. The minimum atomic E-state index is -0.295. The number of carbonyl (C=O) groups is 1. The zero-order valence-electron chi connectivity index (χ0n) is 10.8. The molecule has 20 heavy (non-hydrogen) atoms. The molecule has 0 fully saturated rings. The standard InChI is InChI=1S/C14H15N3O3/c15-7-8-20-12-4-2-11(3-5-12)17-14(19)10-1-6-13(18)16-9-10/h1-6,9H,7-8,15H2,(H,16,18)(H,17,19). The van der Waals surface area contributed by atoms with Gasteiger partial charge < -0.3 is 20.8 Å². The summed E-state index contributed by atoms with van der Waals surface area (Å²) < 4.78 is 5.34. The second kappa shape index (κ2) is 6.53. The quantitative estimate of drug-likeness (QED) is 0.756. The van der Waals surface area contributed by atoms with Crippen molar-refractivity contribution in [3.63, 3.8) is 0 Å². The van der Waals surface area contributed by atoms with Crippen molar-refractivity contribution >= 4 is 11.6 Å². The first kappa shape index (κ1) is 13.8. The Morgan fingerprint density at radius 2 is 1.95 bits per heavy atom. The Kier molecular flexibility index (Phi) is 4.52. The van der Waals surface area contributed by atoms with Crippen LogP contribution in [-0.4, -0.2) is 24.0 Å². The molecule has 0 aliphatic rings. The van der Waals surface area contributed by atoms with Crippen molar-refractivity contribution in [2.75, 3.05) is 18.5 Å². The summed E-state index contributed by atoms with van der Waals surface area (Å²) in [6.07, 6.45) is 1.37. The van der Waals surface area contributed by atoms with Crippen LogP contribution < -0.4 is 21.3 Å². The summed E-state index contributed by atoms with van der Waals surface area (Å²) in [7, 11) is 0. The number of carbonyl (C=O) groups excluding carboxylic acids is 1. The van der Waals surface area contributed by atoms with Gasteiger partial charge in [-0.2, -0.15) is 0 Å². The minimum Gasteiger partial charge on any atom is -0.492 e. The predicted octanol–water partition coefficient (Wildman–Crippen LogP) is 0.965. The van der Waals surface area contributed by atoms with Crippen LogP contribution in [0.15, 0.2) is 47.4 Å². The maximum Gasteiger partial charge on any atom is 0.257 e. The topological polar surface area (TPSA) is 97.2 Å². The number of pyridine rings is 1. The molecule has 1 aromatic heterocycles. The lowest BCUT2D eigenvalue weighted by molar-refractivity contribution is 0.102. The number of H-pyrrole nitrogens is 1. The average Bonchev–Trinajstić information content (AvgIpc) is 2.47. The summed E-state index contributed by atoms with van der Waals surface area (Å²) in [5.41, 5.74) is 6.12. The number of hydrogen-bond donors (Lipinski definition) is 3. The smallest absolute Gasteiger partial charge is 0.257 e. The summed E-state index contributed by atoms with van der Waals surface area (Å²) in [6, 6.07) is 9.73. The van der Waals surface area contributed by atoms with E-state index < -0.39 is 0 Å². The Morgan fingerprint density at radius 3 is 2.55 bits per heavy atom. The number of nitrogens with one attached hydrogen (secondary N) is 2. The van der Waals surface area contributed by atoms with Gasteiger partial charge in [0.1, 0.15) is 12.4 Å². The van der Waals surface area contributed by atoms with E-state index in [1.807, 2.05) is 0 Å². The molecule has 0 atom stereocenters. The molecule has 6 nitrogen and oxygen atoms in total. The van der Waals surface area contributed by atoms with Crippen molar-refractivity contribution in [3.05, 3.63) is 58.5 Å². The lowest BCUT2D eigenvalue weighted by Gasteiger charge is -2.07. The second-order valence-corrected chi connectivity index (χ2v) is 4.06. The number of amides is 1. The number of anilines is 1. The first-order valence-electron chi connectivity index (χ1n) is 6.12. The summed E-state index contributed by atoms with van der Waals surface area (Å²) in [4.78, 5) is 25.3. The molecular weight excluding hydrogens is 258 g/mol. The molecule has 2 rings (SSSR count). The molecule has 0 spiro atoms. The van der Waals surface area contributed by atoms with Crippen molar-refractivity contribution < 1.29 is 9.53 Å². The fraction of sp³-hybridized carbons (Fsp3) is 0.143. The van der Waals surface area contributed by atoms with Gasteiger partial charge in [-0.15, -0.1) is 0 Å². The molecule has 0 aliphatic heterocycles. The molecule has 0 bridgehead atoms. The molecule has 2 aromatic rings. The van der Waals surface area contributed by atoms with E-state index >= 15 is 0 Å². The zero-order chi connectivity index (χ0) is 14.4. The number of aromatic nitrogens is 1. The third-order valence-corrected chi connectivity index (χ3v) is 2.55. The highest BCUT2D eigenvalue weighted by Crippen LogP contribution is 2.16. The van der Waals surface area contributed by atoms with Crippen LogP contribution in [0.5, 0.6) is 5.75 Å². The fourth-order valence-electron chi connectivity index (χ4n) is 1.57. The second-order valence-electron chi connectivity index (χ2n) is 4.06. The van der Waals surface area contributed by atoms with Gasteiger partial charge in [-0.1, -0.05) is 0 Å². The van der Waals surface area contributed by atoms with E-state index in [9.17, 15) is 9.59 Å². The minimum absolute atomic E-state index is 0.247. The van der Waals surface area contributed by atoms with E-state index in [0.29, 0.717) is 30.2 Å². The number of benzene rings is 1. The van der Waals surface area contributed by atoms with E-state index in [2.05, 4.69) is 10.3 Å². The van der Waals surface area contributed by atoms with Crippen molar-refractivity contribution in [1.29, 1.82) is 0 Å².